The van der Waals surface area contributed by atoms with Crippen LogP contribution in [0.4, 0.5) is 4.79 Å². The molecule has 11 nitrogen and oxygen atoms in total. The van der Waals surface area contributed by atoms with Gasteiger partial charge in [-0.05, 0) is 56.4 Å². The molecule has 3 aliphatic rings. The van der Waals surface area contributed by atoms with Gasteiger partial charge in [0.25, 0.3) is 0 Å². The zero-order valence-corrected chi connectivity index (χ0v) is 24.4. The highest BCUT2D eigenvalue weighted by Gasteiger charge is 2.65. The van der Waals surface area contributed by atoms with Crippen molar-refractivity contribution >= 4 is 31.5 Å². The number of hydrogen-bond acceptors (Lipinski definition) is 7. The van der Waals surface area contributed by atoms with Crippen LogP contribution in [0.15, 0.2) is 29.9 Å². The lowest BCUT2D eigenvalue weighted by atomic mass is 9.85. The van der Waals surface area contributed by atoms with Crippen LogP contribution in [0.3, 0.4) is 0 Å². The summed E-state index contributed by atoms with van der Waals surface area (Å²) < 4.78 is 18.9. The molecule has 2 unspecified atom stereocenters. The van der Waals surface area contributed by atoms with Crippen LogP contribution in [0.2, 0.25) is 0 Å². The van der Waals surface area contributed by atoms with Crippen LogP contribution in [0, 0.1) is 11.3 Å². The molecule has 0 aromatic carbocycles. The Morgan fingerprint density at radius 2 is 1.92 bits per heavy atom. The molecule has 3 fully saturated rings. The lowest BCUT2D eigenvalue weighted by molar-refractivity contribution is -0.142. The lowest BCUT2D eigenvalue weighted by Crippen LogP contribution is -2.58. The Morgan fingerprint density at radius 3 is 2.51 bits per heavy atom. The van der Waals surface area contributed by atoms with Gasteiger partial charge in [-0.2, -0.15) is 5.10 Å². The molecule has 0 radical (unpaired) electrons. The summed E-state index contributed by atoms with van der Waals surface area (Å²) in [5.41, 5.74) is 1.96. The SMILES string of the molecule is C=C[C@@H]1C[C@]1(NC(=O)[C@@H]1CCCN1C(=O)C(NC(=O)OC1CCCC1)C(C)(C)C)P(=O)(O)C/C=C/C=N\NC. The highest BCUT2D eigenvalue weighted by atomic mass is 31.2. The normalized spacial score (nSPS) is 27.8. The number of hydrogen-bond donors (Lipinski definition) is 4. The van der Waals surface area contributed by atoms with Crippen LogP contribution in [0.1, 0.15) is 65.7 Å². The van der Waals surface area contributed by atoms with E-state index in [1.807, 2.05) is 20.8 Å². The van der Waals surface area contributed by atoms with Crippen molar-refractivity contribution in [2.24, 2.45) is 16.4 Å². The van der Waals surface area contributed by atoms with Gasteiger partial charge in [0.05, 0.1) is 0 Å². The number of carbonyl (C=O) groups is 3. The van der Waals surface area contributed by atoms with Gasteiger partial charge in [0.1, 0.15) is 23.5 Å². The van der Waals surface area contributed by atoms with Crippen LogP contribution in [-0.2, 0) is 18.9 Å². The predicted molar refractivity (Wildman–Crippen MR) is 150 cm³/mol. The highest BCUT2D eigenvalue weighted by molar-refractivity contribution is 7.60. The van der Waals surface area contributed by atoms with Gasteiger partial charge in [0.15, 0.2) is 0 Å². The molecule has 12 heteroatoms. The molecule has 2 aliphatic carbocycles. The van der Waals surface area contributed by atoms with Crippen molar-refractivity contribution in [2.75, 3.05) is 19.8 Å². The quantitative estimate of drug-likeness (QED) is 0.130. The van der Waals surface area contributed by atoms with E-state index in [-0.39, 0.29) is 24.1 Å². The second-order valence-electron chi connectivity index (χ2n) is 11.7. The highest BCUT2D eigenvalue weighted by Crippen LogP contribution is 2.69. The van der Waals surface area contributed by atoms with Gasteiger partial charge in [-0.15, -0.1) is 6.58 Å². The first-order valence-corrected chi connectivity index (χ1v) is 15.6. The molecule has 1 aliphatic heterocycles. The van der Waals surface area contributed by atoms with Crippen molar-refractivity contribution in [3.05, 3.63) is 24.8 Å². The van der Waals surface area contributed by atoms with Crippen LogP contribution < -0.4 is 16.1 Å². The molecule has 39 heavy (non-hydrogen) atoms. The predicted octanol–water partition coefficient (Wildman–Crippen LogP) is 3.11. The average Bonchev–Trinajstić information content (AvgIpc) is 3.19. The molecule has 218 valence electrons. The Bertz CT molecular complexity index is 1030. The van der Waals surface area contributed by atoms with Crippen LogP contribution >= 0.6 is 7.37 Å². The minimum Gasteiger partial charge on any atom is -0.446 e. The molecular formula is C27H44N5O6P. The third-order valence-corrected chi connectivity index (χ3v) is 10.4. The van der Waals surface area contributed by atoms with Crippen molar-refractivity contribution in [1.82, 2.24) is 21.0 Å². The van der Waals surface area contributed by atoms with Crippen molar-refractivity contribution in [2.45, 2.75) is 89.2 Å². The molecule has 2 saturated carbocycles. The molecule has 4 N–H and O–H groups in total. The van der Waals surface area contributed by atoms with Crippen LogP contribution in [0.25, 0.3) is 0 Å². The number of nitrogens with one attached hydrogen (secondary N) is 3. The lowest BCUT2D eigenvalue weighted by Gasteiger charge is -2.36. The van der Waals surface area contributed by atoms with Gasteiger partial charge in [0, 0.05) is 31.9 Å². The summed E-state index contributed by atoms with van der Waals surface area (Å²) in [7, 11) is -2.23. The molecule has 3 amide bonds. The number of hydrazone groups is 1. The van der Waals surface area contributed by atoms with Crippen LogP contribution in [-0.4, -0.2) is 77.1 Å². The van der Waals surface area contributed by atoms with Crippen molar-refractivity contribution < 1.29 is 28.6 Å². The maximum Gasteiger partial charge on any atom is 0.408 e. The van der Waals surface area contributed by atoms with E-state index in [1.54, 1.807) is 25.3 Å². The zero-order valence-electron chi connectivity index (χ0n) is 23.5. The summed E-state index contributed by atoms with van der Waals surface area (Å²) in [5.74, 6) is -1.19. The van der Waals surface area contributed by atoms with E-state index in [4.69, 9.17) is 4.74 Å². The molecule has 1 saturated heterocycles. The number of allylic oxidation sites excluding steroid dienone is 2. The maximum atomic E-state index is 13.7. The third-order valence-electron chi connectivity index (χ3n) is 7.80. The zero-order chi connectivity index (χ0) is 28.8. The molecule has 0 aromatic rings. The smallest absolute Gasteiger partial charge is 0.408 e. The fourth-order valence-electron chi connectivity index (χ4n) is 5.46. The summed E-state index contributed by atoms with van der Waals surface area (Å²) in [6, 6.07) is -1.71. The number of carbonyl (C=O) groups excluding carboxylic acids is 3. The Hall–Kier alpha value is -2.65. The fraction of sp³-hybridized carbons (Fsp3) is 0.704. The van der Waals surface area contributed by atoms with Crippen molar-refractivity contribution in [3.63, 3.8) is 0 Å². The van der Waals surface area contributed by atoms with E-state index in [0.717, 1.165) is 25.7 Å². The standard InChI is InChI=1S/C27H44N5O6P/c1-6-19-18-27(19,39(36,37)17-10-9-15-29-28-5)31-23(33)21-14-11-16-32(21)24(34)22(26(2,3)4)30-25(35)38-20-12-7-8-13-20/h6,9-10,15,19-22,28H,1,7-8,11-14,16-18H2,2-5H3,(H,30,35)(H,31,33)(H,36,37)/b10-9+,29-15-/t19-,21+,22?,27+/m1/s1. The Kier molecular flexibility index (Phi) is 10.0. The van der Waals surface area contributed by atoms with Crippen molar-refractivity contribution in [1.29, 1.82) is 0 Å². The van der Waals surface area contributed by atoms with Gasteiger partial charge in [0.2, 0.25) is 19.2 Å². The van der Waals surface area contributed by atoms with E-state index in [9.17, 15) is 23.8 Å². The van der Waals surface area contributed by atoms with E-state index < -0.39 is 42.1 Å². The van der Waals surface area contributed by atoms with Gasteiger partial charge < -0.3 is 30.6 Å². The molecular weight excluding hydrogens is 521 g/mol. The molecule has 0 bridgehead atoms. The first kappa shape index (κ1) is 30.9. The van der Waals surface area contributed by atoms with Gasteiger partial charge in [-0.3, -0.25) is 14.2 Å². The fourth-order valence-corrected chi connectivity index (χ4v) is 7.58. The van der Waals surface area contributed by atoms with E-state index in [0.29, 0.717) is 25.8 Å². The monoisotopic (exact) mass is 565 g/mol. The summed E-state index contributed by atoms with van der Waals surface area (Å²) in [4.78, 5) is 52.4. The molecule has 0 spiro atoms. The summed E-state index contributed by atoms with van der Waals surface area (Å²) in [6.45, 7) is 9.66. The van der Waals surface area contributed by atoms with Gasteiger partial charge in [-0.1, -0.05) is 32.9 Å². The first-order chi connectivity index (χ1) is 18.4. The minimum absolute atomic E-state index is 0.139. The average molecular weight is 566 g/mol. The molecule has 1 heterocycles. The van der Waals surface area contributed by atoms with E-state index in [1.165, 1.54) is 11.1 Å². The number of likely N-dealkylation sites (tertiary alicyclic amines) is 1. The van der Waals surface area contributed by atoms with E-state index >= 15 is 0 Å². The summed E-state index contributed by atoms with van der Waals surface area (Å²) in [6.07, 6.45) is 10.2. The number of nitrogens with zero attached hydrogens (tertiary/aromatic N) is 2. The number of ether oxygens (including phenoxy) is 1. The topological polar surface area (TPSA) is 149 Å². The first-order valence-electron chi connectivity index (χ1n) is 13.8. The second kappa shape index (κ2) is 12.7. The Labute approximate surface area is 231 Å². The molecule has 3 rings (SSSR count). The minimum atomic E-state index is -3.87. The largest absolute Gasteiger partial charge is 0.446 e. The Balaban J connectivity index is 1.72. The number of amides is 3. The summed E-state index contributed by atoms with van der Waals surface area (Å²) >= 11 is 0. The van der Waals surface area contributed by atoms with E-state index in [2.05, 4.69) is 27.7 Å². The Morgan fingerprint density at radius 1 is 1.23 bits per heavy atom. The second-order valence-corrected chi connectivity index (χ2v) is 14.3. The molecule has 0 aromatic heterocycles. The maximum absolute atomic E-state index is 13.7. The summed E-state index contributed by atoms with van der Waals surface area (Å²) in [5, 5.41) is 8.09. The molecule has 5 atom stereocenters. The number of rotatable bonds is 11. The number of alkyl carbamates (subject to hydrolysis) is 1. The third kappa shape index (κ3) is 7.31. The van der Waals surface area contributed by atoms with Gasteiger partial charge in [-0.25, -0.2) is 4.79 Å². The van der Waals surface area contributed by atoms with Gasteiger partial charge >= 0.3 is 6.09 Å². The van der Waals surface area contributed by atoms with Crippen molar-refractivity contribution in [3.8, 4) is 0 Å². The van der Waals surface area contributed by atoms with Crippen LogP contribution in [0.5, 0.6) is 0 Å².